The summed E-state index contributed by atoms with van der Waals surface area (Å²) in [4.78, 5) is 0. The molecule has 1 atom stereocenters. The minimum absolute atomic E-state index is 0.493. The van der Waals surface area contributed by atoms with Crippen LogP contribution >= 0.6 is 0 Å². The molecule has 1 radical (unpaired) electrons. The molecular weight excluding hydrogens is 292 g/mol. The van der Waals surface area contributed by atoms with Crippen molar-refractivity contribution in [1.29, 1.82) is 0 Å². The van der Waals surface area contributed by atoms with Crippen LogP contribution in [0.15, 0.2) is 0 Å². The Balaban J connectivity index is 5.11. The van der Waals surface area contributed by atoms with Crippen LogP contribution in [-0.2, 0) is 13.0 Å². The molecule has 0 N–H and O–H groups in total. The van der Waals surface area contributed by atoms with Crippen molar-refractivity contribution in [1.82, 2.24) is 0 Å². The van der Waals surface area contributed by atoms with Crippen molar-refractivity contribution in [3.8, 4) is 0 Å². The Morgan fingerprint density at radius 2 is 1.44 bits per heavy atom. The molecule has 0 bridgehead atoms. The summed E-state index contributed by atoms with van der Waals surface area (Å²) in [6.45, 7) is 17.5. The van der Waals surface area contributed by atoms with E-state index in [0.29, 0.717) is 0 Å². The van der Waals surface area contributed by atoms with Gasteiger partial charge in [0.2, 0.25) is 9.04 Å². The fourth-order valence-corrected chi connectivity index (χ4v) is 11.1. The van der Waals surface area contributed by atoms with Crippen LogP contribution in [0.5, 0.6) is 0 Å². The first kappa shape index (κ1) is 18.7. The highest BCUT2D eigenvalue weighted by atomic mass is 28.4. The van der Waals surface area contributed by atoms with Gasteiger partial charge < -0.3 is 13.0 Å². The molecule has 0 aromatic carbocycles. The van der Waals surface area contributed by atoms with E-state index in [1.807, 2.05) is 0 Å². The van der Waals surface area contributed by atoms with E-state index < -0.39 is 31.1 Å². The SMILES string of the molecule is CC[CH][SiH](O[SiH3])C(C)(O[Si](C)(C)C)O[Si](C)(C)C. The molecule has 0 aliphatic rings. The van der Waals surface area contributed by atoms with Crippen molar-refractivity contribution >= 4 is 36.2 Å². The molecule has 0 amide bonds. The normalized spacial score (nSPS) is 16.0. The molecule has 0 aliphatic carbocycles. The van der Waals surface area contributed by atoms with Crippen LogP contribution in [0.1, 0.15) is 20.3 Å². The first-order valence-corrected chi connectivity index (χ1v) is 16.0. The van der Waals surface area contributed by atoms with E-state index in [-0.39, 0.29) is 0 Å². The zero-order valence-electron chi connectivity index (χ0n) is 13.6. The van der Waals surface area contributed by atoms with Crippen molar-refractivity contribution in [2.24, 2.45) is 0 Å². The highest BCUT2D eigenvalue weighted by Gasteiger charge is 2.44. The van der Waals surface area contributed by atoms with Crippen LogP contribution < -0.4 is 0 Å². The summed E-state index contributed by atoms with van der Waals surface area (Å²) in [7, 11) is -4.14. The van der Waals surface area contributed by atoms with E-state index in [2.05, 4.69) is 59.2 Å². The maximum absolute atomic E-state index is 6.39. The van der Waals surface area contributed by atoms with Crippen molar-refractivity contribution < 1.29 is 13.0 Å². The first-order valence-electron chi connectivity index (χ1n) is 6.70. The van der Waals surface area contributed by atoms with Gasteiger partial charge in [0.15, 0.2) is 22.0 Å². The van der Waals surface area contributed by atoms with Crippen LogP contribution in [0.3, 0.4) is 0 Å². The van der Waals surface area contributed by atoms with E-state index in [1.165, 1.54) is 0 Å². The first-order chi connectivity index (χ1) is 7.93. The van der Waals surface area contributed by atoms with Gasteiger partial charge in [0.25, 0.3) is 0 Å². The topological polar surface area (TPSA) is 27.7 Å². The lowest BCUT2D eigenvalue weighted by Crippen LogP contribution is -2.58. The summed E-state index contributed by atoms with van der Waals surface area (Å²) in [5.74, 6) is 0. The van der Waals surface area contributed by atoms with Gasteiger partial charge in [0.05, 0.1) is 0 Å². The third-order valence-electron chi connectivity index (χ3n) is 2.24. The highest BCUT2D eigenvalue weighted by molar-refractivity contribution is 6.74. The maximum atomic E-state index is 6.39. The Labute approximate surface area is 120 Å². The fraction of sp³-hybridized carbons (Fsp3) is 0.909. The van der Waals surface area contributed by atoms with Gasteiger partial charge >= 0.3 is 0 Å². The molecule has 0 fully saturated rings. The van der Waals surface area contributed by atoms with E-state index in [0.717, 1.165) is 16.9 Å². The van der Waals surface area contributed by atoms with E-state index in [9.17, 15) is 0 Å². The molecule has 0 spiro atoms. The molecule has 3 nitrogen and oxygen atoms in total. The molecule has 0 heterocycles. The lowest BCUT2D eigenvalue weighted by Gasteiger charge is -2.44. The van der Waals surface area contributed by atoms with Gasteiger partial charge in [-0.2, -0.15) is 0 Å². The van der Waals surface area contributed by atoms with Crippen LogP contribution in [-0.4, -0.2) is 41.6 Å². The maximum Gasteiger partial charge on any atom is 0.230 e. The zero-order chi connectivity index (χ0) is 14.6. The van der Waals surface area contributed by atoms with Gasteiger partial charge in [-0.05, 0) is 52.2 Å². The van der Waals surface area contributed by atoms with Gasteiger partial charge in [-0.25, -0.2) is 0 Å². The second-order valence-corrected chi connectivity index (χ2v) is 19.8. The van der Waals surface area contributed by atoms with E-state index >= 15 is 0 Å². The monoisotopic (exact) mass is 323 g/mol. The third-order valence-corrected chi connectivity index (χ3v) is 8.95. The summed E-state index contributed by atoms with van der Waals surface area (Å²) in [5.41, 5.74) is -0.493. The van der Waals surface area contributed by atoms with Crippen LogP contribution in [0.4, 0.5) is 0 Å². The summed E-state index contributed by atoms with van der Waals surface area (Å²) >= 11 is 0. The Bertz CT molecular complexity index is 232. The van der Waals surface area contributed by atoms with Gasteiger partial charge in [-0.15, -0.1) is 0 Å². The van der Waals surface area contributed by atoms with Crippen molar-refractivity contribution in [3.63, 3.8) is 0 Å². The number of hydrogen-bond acceptors (Lipinski definition) is 3. The molecule has 0 saturated carbocycles. The minimum atomic E-state index is -1.65. The van der Waals surface area contributed by atoms with Crippen LogP contribution in [0.2, 0.25) is 39.3 Å². The largest absolute Gasteiger partial charge is 0.462 e. The lowest BCUT2D eigenvalue weighted by atomic mass is 10.6. The fourth-order valence-electron chi connectivity index (χ4n) is 2.09. The molecule has 7 heteroatoms. The second-order valence-electron chi connectivity index (χ2n) is 6.75. The van der Waals surface area contributed by atoms with Crippen LogP contribution in [0.25, 0.3) is 0 Å². The molecule has 0 aromatic rings. The molecule has 0 aromatic heterocycles. The third kappa shape index (κ3) is 7.36. The van der Waals surface area contributed by atoms with Gasteiger partial charge in [0, 0.05) is 0 Å². The smallest absolute Gasteiger partial charge is 0.230 e. The Kier molecular flexibility index (Phi) is 7.25. The summed E-state index contributed by atoms with van der Waals surface area (Å²) in [6.07, 6.45) is 1.03. The van der Waals surface area contributed by atoms with Gasteiger partial charge in [-0.1, -0.05) is 13.3 Å². The Morgan fingerprint density at radius 1 is 1.06 bits per heavy atom. The van der Waals surface area contributed by atoms with Crippen molar-refractivity contribution in [2.75, 3.05) is 0 Å². The standard InChI is InChI=1S/C11H31O3Si4/c1-9-10-16(14-15)11(2,12-17(3,4)5)13-18(6,7)8/h10,16H,9H2,1-8,15H3. The summed E-state index contributed by atoms with van der Waals surface area (Å²) in [5, 5.41) is 0. The van der Waals surface area contributed by atoms with Crippen molar-refractivity contribution in [2.45, 2.75) is 65.0 Å². The molecule has 0 saturated heterocycles. The average Bonchev–Trinajstić information content (AvgIpc) is 2.07. The van der Waals surface area contributed by atoms with Gasteiger partial charge in [0.1, 0.15) is 10.5 Å². The van der Waals surface area contributed by atoms with Crippen molar-refractivity contribution in [3.05, 3.63) is 6.04 Å². The number of rotatable bonds is 8. The Hall–Kier alpha value is 0.748. The van der Waals surface area contributed by atoms with Gasteiger partial charge in [-0.3, -0.25) is 0 Å². The molecule has 18 heavy (non-hydrogen) atoms. The predicted octanol–water partition coefficient (Wildman–Crippen LogP) is 2.12. The van der Waals surface area contributed by atoms with E-state index in [1.54, 1.807) is 0 Å². The molecule has 1 unspecified atom stereocenters. The second kappa shape index (κ2) is 6.96. The average molecular weight is 324 g/mol. The number of hydrogen-bond donors (Lipinski definition) is 0. The Morgan fingerprint density at radius 3 is 1.67 bits per heavy atom. The highest BCUT2D eigenvalue weighted by Crippen LogP contribution is 2.28. The van der Waals surface area contributed by atoms with E-state index in [4.69, 9.17) is 13.0 Å². The lowest BCUT2D eigenvalue weighted by molar-refractivity contribution is -0.0498. The van der Waals surface area contributed by atoms with Crippen LogP contribution in [0, 0.1) is 6.04 Å². The summed E-state index contributed by atoms with van der Waals surface area (Å²) < 4.78 is 18.6. The minimum Gasteiger partial charge on any atom is -0.462 e. The predicted molar refractivity (Wildman–Crippen MR) is 90.0 cm³/mol. The molecule has 109 valence electrons. The zero-order valence-corrected chi connectivity index (χ0v) is 18.7. The summed E-state index contributed by atoms with van der Waals surface area (Å²) in [6, 6.07) is 2.30. The molecular formula is C11H31O3Si4. The molecule has 0 rings (SSSR count). The quantitative estimate of drug-likeness (QED) is 0.506. The molecule has 0 aliphatic heterocycles.